The zero-order valence-corrected chi connectivity index (χ0v) is 13.1. The van der Waals surface area contributed by atoms with Crippen molar-refractivity contribution in [3.8, 4) is 10.4 Å². The topological polar surface area (TPSA) is 24.9 Å². The van der Waals surface area contributed by atoms with Crippen LogP contribution in [-0.4, -0.2) is 4.98 Å². The quantitative estimate of drug-likeness (QED) is 0.729. The van der Waals surface area contributed by atoms with Gasteiger partial charge in [-0.25, -0.2) is 0 Å². The Morgan fingerprint density at radius 1 is 1.05 bits per heavy atom. The Morgan fingerprint density at radius 3 is 2.71 bits per heavy atom. The van der Waals surface area contributed by atoms with E-state index in [2.05, 4.69) is 54.5 Å². The number of hydrogen-bond donors (Lipinski definition) is 1. The molecule has 2 aromatic heterocycles. The van der Waals surface area contributed by atoms with Crippen LogP contribution in [0.4, 0.5) is 5.69 Å². The molecule has 0 aliphatic rings. The number of nitrogens with zero attached hydrogens (tertiary/aromatic N) is 1. The standard InChI is InChI=1S/C18H18N2S/c1-13-5-6-15(10-14(13)2)18-8-7-17(21-18)12-20-16-4-3-9-19-11-16/h3-11,20H,12H2,1-2H3. The van der Waals surface area contributed by atoms with E-state index in [1.807, 2.05) is 29.7 Å². The summed E-state index contributed by atoms with van der Waals surface area (Å²) in [6.45, 7) is 5.15. The number of aryl methyl sites for hydroxylation is 2. The largest absolute Gasteiger partial charge is 0.379 e. The SMILES string of the molecule is Cc1ccc(-c2ccc(CNc3cccnc3)s2)cc1C. The number of thiophene rings is 1. The van der Waals surface area contributed by atoms with Crippen LogP contribution in [0.1, 0.15) is 16.0 Å². The van der Waals surface area contributed by atoms with Gasteiger partial charge in [0.2, 0.25) is 0 Å². The highest BCUT2D eigenvalue weighted by molar-refractivity contribution is 7.15. The molecule has 0 radical (unpaired) electrons. The Morgan fingerprint density at radius 2 is 1.95 bits per heavy atom. The Labute approximate surface area is 129 Å². The molecule has 0 bridgehead atoms. The van der Waals surface area contributed by atoms with Crippen molar-refractivity contribution in [1.29, 1.82) is 0 Å². The third-order valence-corrected chi connectivity index (χ3v) is 4.72. The molecule has 1 aromatic carbocycles. The predicted octanol–water partition coefficient (Wildman–Crippen LogP) is 5.04. The van der Waals surface area contributed by atoms with Gasteiger partial charge in [-0.2, -0.15) is 0 Å². The van der Waals surface area contributed by atoms with Crippen LogP contribution in [0.3, 0.4) is 0 Å². The van der Waals surface area contributed by atoms with Gasteiger partial charge in [-0.3, -0.25) is 4.98 Å². The lowest BCUT2D eigenvalue weighted by molar-refractivity contribution is 1.17. The van der Waals surface area contributed by atoms with Crippen molar-refractivity contribution >= 4 is 17.0 Å². The van der Waals surface area contributed by atoms with Crippen LogP contribution >= 0.6 is 11.3 Å². The maximum absolute atomic E-state index is 4.11. The highest BCUT2D eigenvalue weighted by atomic mass is 32.1. The summed E-state index contributed by atoms with van der Waals surface area (Å²) in [5.74, 6) is 0. The van der Waals surface area contributed by atoms with Crippen molar-refractivity contribution in [1.82, 2.24) is 4.98 Å². The number of benzene rings is 1. The summed E-state index contributed by atoms with van der Waals surface area (Å²) >= 11 is 1.84. The molecule has 0 amide bonds. The molecule has 2 nitrogen and oxygen atoms in total. The summed E-state index contributed by atoms with van der Waals surface area (Å²) in [6.07, 6.45) is 3.63. The number of aromatic nitrogens is 1. The molecule has 1 N–H and O–H groups in total. The van der Waals surface area contributed by atoms with E-state index in [0.29, 0.717) is 0 Å². The average Bonchev–Trinajstić information content (AvgIpc) is 2.98. The van der Waals surface area contributed by atoms with Gasteiger partial charge in [0.05, 0.1) is 5.69 Å². The van der Waals surface area contributed by atoms with Gasteiger partial charge in [0, 0.05) is 28.7 Å². The van der Waals surface area contributed by atoms with Crippen molar-refractivity contribution in [2.45, 2.75) is 20.4 Å². The molecule has 3 heteroatoms. The fourth-order valence-electron chi connectivity index (χ4n) is 2.18. The molecular weight excluding hydrogens is 276 g/mol. The van der Waals surface area contributed by atoms with E-state index in [4.69, 9.17) is 0 Å². The zero-order valence-electron chi connectivity index (χ0n) is 12.3. The molecule has 0 aliphatic heterocycles. The summed E-state index contributed by atoms with van der Waals surface area (Å²) in [4.78, 5) is 6.76. The Bertz CT molecular complexity index is 732. The van der Waals surface area contributed by atoms with Gasteiger partial charge < -0.3 is 5.32 Å². The number of anilines is 1. The number of nitrogens with one attached hydrogen (secondary N) is 1. The summed E-state index contributed by atoms with van der Waals surface area (Å²) in [7, 11) is 0. The summed E-state index contributed by atoms with van der Waals surface area (Å²) < 4.78 is 0. The number of hydrogen-bond acceptors (Lipinski definition) is 3. The molecule has 0 atom stereocenters. The van der Waals surface area contributed by atoms with E-state index in [1.54, 1.807) is 6.20 Å². The van der Waals surface area contributed by atoms with E-state index >= 15 is 0 Å². The van der Waals surface area contributed by atoms with Gasteiger partial charge in [-0.1, -0.05) is 18.2 Å². The Hall–Kier alpha value is -2.13. The van der Waals surface area contributed by atoms with Crippen LogP contribution in [0.15, 0.2) is 54.9 Å². The normalized spacial score (nSPS) is 10.6. The van der Waals surface area contributed by atoms with Gasteiger partial charge in [-0.05, 0) is 54.8 Å². The van der Waals surface area contributed by atoms with Crippen LogP contribution < -0.4 is 5.32 Å². The summed E-state index contributed by atoms with van der Waals surface area (Å²) in [6, 6.07) is 15.0. The molecule has 0 saturated heterocycles. The molecule has 21 heavy (non-hydrogen) atoms. The van der Waals surface area contributed by atoms with Gasteiger partial charge in [0.25, 0.3) is 0 Å². The predicted molar refractivity (Wildman–Crippen MR) is 90.8 cm³/mol. The lowest BCUT2D eigenvalue weighted by atomic mass is 10.1. The highest BCUT2D eigenvalue weighted by Gasteiger charge is 2.04. The highest BCUT2D eigenvalue weighted by Crippen LogP contribution is 2.29. The number of rotatable bonds is 4. The maximum atomic E-state index is 4.11. The minimum atomic E-state index is 0.835. The van der Waals surface area contributed by atoms with Gasteiger partial charge >= 0.3 is 0 Å². The van der Waals surface area contributed by atoms with E-state index in [9.17, 15) is 0 Å². The minimum Gasteiger partial charge on any atom is -0.379 e. The lowest BCUT2D eigenvalue weighted by Gasteiger charge is -2.04. The third-order valence-electron chi connectivity index (χ3n) is 3.58. The lowest BCUT2D eigenvalue weighted by Crippen LogP contribution is -1.96. The van der Waals surface area contributed by atoms with Crippen LogP contribution in [0.2, 0.25) is 0 Å². The average molecular weight is 294 g/mol. The summed E-state index contributed by atoms with van der Waals surface area (Å²) in [5, 5.41) is 3.39. The van der Waals surface area contributed by atoms with Crippen molar-refractivity contribution in [3.05, 3.63) is 70.9 Å². The van der Waals surface area contributed by atoms with Crippen LogP contribution in [0.25, 0.3) is 10.4 Å². The smallest absolute Gasteiger partial charge is 0.0529 e. The molecule has 0 aliphatic carbocycles. The molecule has 0 fully saturated rings. The first-order chi connectivity index (χ1) is 10.2. The van der Waals surface area contributed by atoms with Gasteiger partial charge in [0.1, 0.15) is 0 Å². The van der Waals surface area contributed by atoms with Crippen LogP contribution in [0, 0.1) is 13.8 Å². The van der Waals surface area contributed by atoms with Crippen molar-refractivity contribution < 1.29 is 0 Å². The Balaban J connectivity index is 1.72. The maximum Gasteiger partial charge on any atom is 0.0529 e. The molecule has 3 rings (SSSR count). The van der Waals surface area contributed by atoms with Crippen molar-refractivity contribution in [3.63, 3.8) is 0 Å². The fourth-order valence-corrected chi connectivity index (χ4v) is 3.12. The van der Waals surface area contributed by atoms with E-state index in [1.165, 1.54) is 26.4 Å². The molecule has 0 unspecified atom stereocenters. The van der Waals surface area contributed by atoms with Crippen LogP contribution in [0.5, 0.6) is 0 Å². The van der Waals surface area contributed by atoms with Crippen molar-refractivity contribution in [2.24, 2.45) is 0 Å². The fraction of sp³-hybridized carbons (Fsp3) is 0.167. The van der Waals surface area contributed by atoms with Gasteiger partial charge in [0.15, 0.2) is 0 Å². The van der Waals surface area contributed by atoms with E-state index < -0.39 is 0 Å². The second kappa shape index (κ2) is 6.10. The Kier molecular flexibility index (Phi) is 4.02. The number of pyridine rings is 1. The molecule has 0 spiro atoms. The molecule has 106 valence electrons. The zero-order chi connectivity index (χ0) is 14.7. The second-order valence-electron chi connectivity index (χ2n) is 5.16. The minimum absolute atomic E-state index is 0.835. The first-order valence-electron chi connectivity index (χ1n) is 7.02. The van der Waals surface area contributed by atoms with Crippen LogP contribution in [-0.2, 0) is 6.54 Å². The summed E-state index contributed by atoms with van der Waals surface area (Å²) in [5.41, 5.74) is 5.04. The van der Waals surface area contributed by atoms with Gasteiger partial charge in [-0.15, -0.1) is 11.3 Å². The van der Waals surface area contributed by atoms with E-state index in [0.717, 1.165) is 12.2 Å². The van der Waals surface area contributed by atoms with Crippen molar-refractivity contribution in [2.75, 3.05) is 5.32 Å². The molecule has 3 aromatic rings. The molecule has 2 heterocycles. The molecular formula is C18H18N2S. The van der Waals surface area contributed by atoms with E-state index in [-0.39, 0.29) is 0 Å². The third kappa shape index (κ3) is 3.31. The second-order valence-corrected chi connectivity index (χ2v) is 6.33. The first kappa shape index (κ1) is 13.8. The molecule has 0 saturated carbocycles. The monoisotopic (exact) mass is 294 g/mol. The first-order valence-corrected chi connectivity index (χ1v) is 7.84.